The average Bonchev–Trinajstić information content (AvgIpc) is 2.96. The van der Waals surface area contributed by atoms with Gasteiger partial charge in [0.25, 0.3) is 0 Å². The minimum Gasteiger partial charge on any atom is -0.384 e. The fourth-order valence-electron chi connectivity index (χ4n) is 2.35. The highest BCUT2D eigenvalue weighted by molar-refractivity contribution is 5.89. The smallest absolute Gasteiger partial charge is 0.0460 e. The van der Waals surface area contributed by atoms with Crippen LogP contribution in [0.4, 0.5) is 5.69 Å². The Hall–Kier alpha value is -1.44. The van der Waals surface area contributed by atoms with Crippen molar-refractivity contribution < 1.29 is 0 Å². The Balaban J connectivity index is 0.000000514. The van der Waals surface area contributed by atoms with Crippen LogP contribution in [0.3, 0.4) is 0 Å². The average molecular weight is 230 g/mol. The lowest BCUT2D eigenvalue weighted by molar-refractivity contribution is 0.836. The van der Waals surface area contributed by atoms with Crippen molar-refractivity contribution in [3.05, 3.63) is 29.5 Å². The van der Waals surface area contributed by atoms with Crippen LogP contribution >= 0.6 is 0 Å². The standard InChI is InChI=1S/C13H16N2.C2H6/c1-8(2)13-7-10-9-5-6-14-11(9)3-4-12(10)15-13;1-2/h3-4,7-8,14-15H,5-6H2,1-2H3;1-2H3. The third-order valence-corrected chi connectivity index (χ3v) is 3.25. The molecule has 2 N–H and O–H groups in total. The van der Waals surface area contributed by atoms with E-state index in [0.717, 1.165) is 13.0 Å². The van der Waals surface area contributed by atoms with Crippen LogP contribution in [-0.2, 0) is 6.42 Å². The van der Waals surface area contributed by atoms with Crippen LogP contribution < -0.4 is 5.32 Å². The molecule has 0 aliphatic carbocycles. The molecule has 2 nitrogen and oxygen atoms in total. The number of nitrogens with one attached hydrogen (secondary N) is 2. The molecule has 3 rings (SSSR count). The van der Waals surface area contributed by atoms with Gasteiger partial charge in [-0.05, 0) is 36.1 Å². The quantitative estimate of drug-likeness (QED) is 0.751. The van der Waals surface area contributed by atoms with E-state index in [-0.39, 0.29) is 0 Å². The van der Waals surface area contributed by atoms with Crippen molar-refractivity contribution >= 4 is 16.6 Å². The second-order valence-corrected chi connectivity index (χ2v) is 4.61. The van der Waals surface area contributed by atoms with Crippen LogP contribution in [-0.4, -0.2) is 11.5 Å². The zero-order valence-corrected chi connectivity index (χ0v) is 11.2. The Bertz CT molecular complexity index is 509. The second-order valence-electron chi connectivity index (χ2n) is 4.61. The van der Waals surface area contributed by atoms with Crippen molar-refractivity contribution in [3.8, 4) is 0 Å². The van der Waals surface area contributed by atoms with Crippen molar-refractivity contribution in [3.63, 3.8) is 0 Å². The van der Waals surface area contributed by atoms with Gasteiger partial charge in [-0.1, -0.05) is 27.7 Å². The molecule has 92 valence electrons. The van der Waals surface area contributed by atoms with Gasteiger partial charge in [0, 0.05) is 28.8 Å². The molecule has 0 spiro atoms. The number of benzene rings is 1. The van der Waals surface area contributed by atoms with E-state index in [4.69, 9.17) is 0 Å². The summed E-state index contributed by atoms with van der Waals surface area (Å²) in [7, 11) is 0. The SMILES string of the molecule is CC.CC(C)c1cc2c3c(ccc2[nH]1)NCC3. The molecule has 2 heterocycles. The normalized spacial score (nSPS) is 13.2. The van der Waals surface area contributed by atoms with Gasteiger partial charge in [0.1, 0.15) is 0 Å². The number of aromatic nitrogens is 1. The number of rotatable bonds is 1. The molecule has 2 aromatic rings. The molecule has 0 saturated heterocycles. The van der Waals surface area contributed by atoms with Gasteiger partial charge >= 0.3 is 0 Å². The number of hydrogen-bond donors (Lipinski definition) is 2. The zero-order chi connectivity index (χ0) is 12.4. The Morgan fingerprint density at radius 1 is 1.18 bits per heavy atom. The molecule has 0 saturated carbocycles. The molecule has 0 bridgehead atoms. The summed E-state index contributed by atoms with van der Waals surface area (Å²) >= 11 is 0. The predicted octanol–water partition coefficient (Wildman–Crippen LogP) is 4.29. The number of anilines is 1. The Morgan fingerprint density at radius 3 is 2.65 bits per heavy atom. The first-order valence-corrected chi connectivity index (χ1v) is 6.64. The molecule has 0 amide bonds. The summed E-state index contributed by atoms with van der Waals surface area (Å²) in [5.74, 6) is 0.572. The van der Waals surface area contributed by atoms with Crippen LogP contribution in [0.2, 0.25) is 0 Å². The van der Waals surface area contributed by atoms with Gasteiger partial charge in [-0.3, -0.25) is 0 Å². The molecule has 2 heteroatoms. The first-order chi connectivity index (χ1) is 8.25. The van der Waals surface area contributed by atoms with Crippen LogP contribution in [0.25, 0.3) is 10.9 Å². The first kappa shape index (κ1) is 12.0. The Kier molecular flexibility index (Phi) is 3.41. The lowest BCUT2D eigenvalue weighted by atomic mass is 10.1. The largest absolute Gasteiger partial charge is 0.384 e. The van der Waals surface area contributed by atoms with Crippen LogP contribution in [0.5, 0.6) is 0 Å². The minimum absolute atomic E-state index is 0.572. The van der Waals surface area contributed by atoms with Gasteiger partial charge in [-0.15, -0.1) is 0 Å². The number of hydrogen-bond acceptors (Lipinski definition) is 1. The summed E-state index contributed by atoms with van der Waals surface area (Å²) in [5, 5.41) is 4.82. The van der Waals surface area contributed by atoms with Gasteiger partial charge in [0.05, 0.1) is 0 Å². The maximum Gasteiger partial charge on any atom is 0.0460 e. The summed E-state index contributed by atoms with van der Waals surface area (Å²) in [6.07, 6.45) is 1.15. The van der Waals surface area contributed by atoms with E-state index in [2.05, 4.69) is 42.3 Å². The molecule has 0 fully saturated rings. The molecular weight excluding hydrogens is 208 g/mol. The van der Waals surface area contributed by atoms with Crippen molar-refractivity contribution in [1.29, 1.82) is 0 Å². The van der Waals surface area contributed by atoms with Gasteiger partial charge in [-0.2, -0.15) is 0 Å². The van der Waals surface area contributed by atoms with Gasteiger partial charge in [0.15, 0.2) is 0 Å². The zero-order valence-electron chi connectivity index (χ0n) is 11.2. The highest BCUT2D eigenvalue weighted by atomic mass is 14.9. The number of H-pyrrole nitrogens is 1. The molecule has 0 radical (unpaired) electrons. The van der Waals surface area contributed by atoms with Crippen molar-refractivity contribution in [2.45, 2.75) is 40.0 Å². The summed E-state index contributed by atoms with van der Waals surface area (Å²) in [4.78, 5) is 3.50. The Morgan fingerprint density at radius 2 is 1.94 bits per heavy atom. The Labute approximate surface area is 103 Å². The lowest BCUT2D eigenvalue weighted by Gasteiger charge is -1.99. The van der Waals surface area contributed by atoms with Crippen LogP contribution in [0.15, 0.2) is 18.2 Å². The highest BCUT2D eigenvalue weighted by Gasteiger charge is 2.15. The van der Waals surface area contributed by atoms with Crippen molar-refractivity contribution in [2.24, 2.45) is 0 Å². The molecular formula is C15H22N2. The van der Waals surface area contributed by atoms with Gasteiger partial charge in [-0.25, -0.2) is 0 Å². The van der Waals surface area contributed by atoms with Gasteiger partial charge in [0.2, 0.25) is 0 Å². The van der Waals surface area contributed by atoms with Crippen molar-refractivity contribution in [1.82, 2.24) is 4.98 Å². The number of aromatic amines is 1. The molecule has 1 aromatic carbocycles. The third kappa shape index (κ3) is 2.04. The fourth-order valence-corrected chi connectivity index (χ4v) is 2.35. The molecule has 0 unspecified atom stereocenters. The second kappa shape index (κ2) is 4.82. The maximum atomic E-state index is 3.50. The molecule has 1 aliphatic rings. The molecule has 17 heavy (non-hydrogen) atoms. The topological polar surface area (TPSA) is 27.8 Å². The summed E-state index contributed by atoms with van der Waals surface area (Å²) in [6.45, 7) is 9.53. The van der Waals surface area contributed by atoms with Crippen molar-refractivity contribution in [2.75, 3.05) is 11.9 Å². The predicted molar refractivity (Wildman–Crippen MR) is 75.9 cm³/mol. The van der Waals surface area contributed by atoms with Crippen LogP contribution in [0.1, 0.15) is 44.9 Å². The first-order valence-electron chi connectivity index (χ1n) is 6.64. The van der Waals surface area contributed by atoms with Gasteiger partial charge < -0.3 is 10.3 Å². The summed E-state index contributed by atoms with van der Waals surface area (Å²) < 4.78 is 0. The maximum absolute atomic E-state index is 3.50. The molecule has 1 aliphatic heterocycles. The van der Waals surface area contributed by atoms with E-state index in [1.165, 1.54) is 27.8 Å². The third-order valence-electron chi connectivity index (χ3n) is 3.25. The number of fused-ring (bicyclic) bond motifs is 3. The fraction of sp³-hybridized carbons (Fsp3) is 0.467. The lowest BCUT2D eigenvalue weighted by Crippen LogP contribution is -1.90. The van der Waals surface area contributed by atoms with E-state index in [9.17, 15) is 0 Å². The van der Waals surface area contributed by atoms with E-state index < -0.39 is 0 Å². The van der Waals surface area contributed by atoms with E-state index in [0.29, 0.717) is 5.92 Å². The molecule has 0 atom stereocenters. The minimum atomic E-state index is 0.572. The molecule has 1 aromatic heterocycles. The summed E-state index contributed by atoms with van der Waals surface area (Å²) in [5.41, 5.74) is 5.42. The highest BCUT2D eigenvalue weighted by Crippen LogP contribution is 2.32. The van der Waals surface area contributed by atoms with Crippen LogP contribution in [0, 0.1) is 0 Å². The summed E-state index contributed by atoms with van der Waals surface area (Å²) in [6, 6.07) is 6.68. The van der Waals surface area contributed by atoms with E-state index in [1.807, 2.05) is 13.8 Å². The monoisotopic (exact) mass is 230 g/mol. The van der Waals surface area contributed by atoms with E-state index >= 15 is 0 Å². The van der Waals surface area contributed by atoms with E-state index in [1.54, 1.807) is 0 Å².